The molecule has 1 aliphatic rings. The molecule has 0 radical (unpaired) electrons. The minimum absolute atomic E-state index is 0.155. The van der Waals surface area contributed by atoms with E-state index in [-0.39, 0.29) is 22.9 Å². The second-order valence-corrected chi connectivity index (χ2v) is 5.03. The first-order chi connectivity index (χ1) is 8.97. The summed E-state index contributed by atoms with van der Waals surface area (Å²) < 4.78 is 13.2. The summed E-state index contributed by atoms with van der Waals surface area (Å²) in [4.78, 5) is 24.3. The fraction of sp³-hybridized carbons (Fsp3) is 0.385. The fourth-order valence-electron chi connectivity index (χ4n) is 2.30. The highest BCUT2D eigenvalue weighted by Gasteiger charge is 2.29. The second kappa shape index (κ2) is 5.57. The lowest BCUT2D eigenvalue weighted by Crippen LogP contribution is -2.41. The van der Waals surface area contributed by atoms with Gasteiger partial charge in [-0.1, -0.05) is 11.6 Å². The maximum Gasteiger partial charge on any atom is 0.407 e. The average Bonchev–Trinajstić information content (AvgIpc) is 2.37. The van der Waals surface area contributed by atoms with Crippen molar-refractivity contribution in [3.05, 3.63) is 34.6 Å². The molecular formula is C13H13ClFNO3. The van der Waals surface area contributed by atoms with Crippen LogP contribution in [0.15, 0.2) is 18.2 Å². The van der Waals surface area contributed by atoms with Crippen LogP contribution in [0.2, 0.25) is 5.02 Å². The number of nitrogens with zero attached hydrogens (tertiary/aromatic N) is 1. The van der Waals surface area contributed by atoms with Gasteiger partial charge in [-0.05, 0) is 31.0 Å². The van der Waals surface area contributed by atoms with E-state index in [4.69, 9.17) is 16.7 Å². The monoisotopic (exact) mass is 285 g/mol. The Morgan fingerprint density at radius 1 is 1.37 bits per heavy atom. The van der Waals surface area contributed by atoms with Crippen molar-refractivity contribution in [3.8, 4) is 0 Å². The van der Waals surface area contributed by atoms with E-state index in [2.05, 4.69) is 0 Å². The smallest absolute Gasteiger partial charge is 0.407 e. The van der Waals surface area contributed by atoms with Crippen molar-refractivity contribution in [2.75, 3.05) is 13.1 Å². The predicted octanol–water partition coefficient (Wildman–Crippen LogP) is 3.05. The largest absolute Gasteiger partial charge is 0.465 e. The quantitative estimate of drug-likeness (QED) is 0.850. The summed E-state index contributed by atoms with van der Waals surface area (Å²) in [6, 6.07) is 3.67. The number of rotatable bonds is 2. The van der Waals surface area contributed by atoms with E-state index < -0.39 is 17.8 Å². The summed E-state index contributed by atoms with van der Waals surface area (Å²) in [6.45, 7) is 0.589. The molecule has 1 unspecified atom stereocenters. The van der Waals surface area contributed by atoms with Gasteiger partial charge in [0.2, 0.25) is 0 Å². The van der Waals surface area contributed by atoms with Crippen LogP contribution in [0, 0.1) is 11.7 Å². The molecule has 1 amide bonds. The number of halogens is 2. The van der Waals surface area contributed by atoms with Crippen molar-refractivity contribution in [1.29, 1.82) is 0 Å². The predicted molar refractivity (Wildman–Crippen MR) is 68.1 cm³/mol. The molecule has 19 heavy (non-hydrogen) atoms. The summed E-state index contributed by atoms with van der Waals surface area (Å²) in [7, 11) is 0. The normalized spacial score (nSPS) is 19.3. The molecule has 1 heterocycles. The van der Waals surface area contributed by atoms with Crippen molar-refractivity contribution in [1.82, 2.24) is 4.90 Å². The highest BCUT2D eigenvalue weighted by atomic mass is 35.5. The molecule has 1 aromatic carbocycles. The lowest BCUT2D eigenvalue weighted by atomic mass is 9.90. The molecular weight excluding hydrogens is 273 g/mol. The summed E-state index contributed by atoms with van der Waals surface area (Å²) >= 11 is 5.72. The number of benzene rings is 1. The zero-order valence-electron chi connectivity index (χ0n) is 10.1. The molecule has 0 saturated carbocycles. The van der Waals surface area contributed by atoms with Crippen LogP contribution >= 0.6 is 11.6 Å². The number of amides is 1. The zero-order chi connectivity index (χ0) is 14.0. The lowest BCUT2D eigenvalue weighted by molar-refractivity contribution is 0.0806. The molecule has 1 aromatic rings. The van der Waals surface area contributed by atoms with Gasteiger partial charge >= 0.3 is 6.09 Å². The summed E-state index contributed by atoms with van der Waals surface area (Å²) in [6.07, 6.45) is 0.206. The Bertz CT molecular complexity index is 500. The summed E-state index contributed by atoms with van der Waals surface area (Å²) in [5.74, 6) is -1.25. The van der Waals surface area contributed by atoms with Crippen molar-refractivity contribution in [3.63, 3.8) is 0 Å². The Hall–Kier alpha value is -1.62. The molecule has 102 valence electrons. The maximum absolute atomic E-state index is 13.2. The Morgan fingerprint density at radius 2 is 2.11 bits per heavy atom. The number of carbonyl (C=O) groups excluding carboxylic acids is 1. The lowest BCUT2D eigenvalue weighted by Gasteiger charge is -2.29. The fourth-order valence-corrected chi connectivity index (χ4v) is 2.52. The number of carbonyl (C=O) groups is 2. The van der Waals surface area contributed by atoms with E-state index in [1.54, 1.807) is 0 Å². The van der Waals surface area contributed by atoms with Crippen molar-refractivity contribution < 1.29 is 19.1 Å². The van der Waals surface area contributed by atoms with Gasteiger partial charge in [0.05, 0.1) is 0 Å². The Labute approximate surface area is 114 Å². The van der Waals surface area contributed by atoms with Gasteiger partial charge in [-0.15, -0.1) is 0 Å². The summed E-state index contributed by atoms with van der Waals surface area (Å²) in [5.41, 5.74) is 0.197. The maximum atomic E-state index is 13.2. The first-order valence-corrected chi connectivity index (χ1v) is 6.33. The SMILES string of the molecule is O=C(c1cc(F)cc(Cl)c1)C1CCCN(C(=O)O)C1. The molecule has 6 heteroatoms. The van der Waals surface area contributed by atoms with Crippen molar-refractivity contribution >= 4 is 23.5 Å². The third-order valence-corrected chi connectivity index (χ3v) is 3.43. The van der Waals surface area contributed by atoms with Crippen LogP contribution in [0.3, 0.4) is 0 Å². The third kappa shape index (κ3) is 3.23. The average molecular weight is 286 g/mol. The van der Waals surface area contributed by atoms with Crippen LogP contribution in [-0.4, -0.2) is 35.0 Å². The number of likely N-dealkylation sites (tertiary alicyclic amines) is 1. The van der Waals surface area contributed by atoms with Crippen molar-refractivity contribution in [2.45, 2.75) is 12.8 Å². The van der Waals surface area contributed by atoms with Gasteiger partial charge in [0.1, 0.15) is 5.82 Å². The van der Waals surface area contributed by atoms with Crippen molar-refractivity contribution in [2.24, 2.45) is 5.92 Å². The van der Waals surface area contributed by atoms with E-state index >= 15 is 0 Å². The van der Waals surface area contributed by atoms with Gasteiger partial charge in [0, 0.05) is 29.6 Å². The van der Waals surface area contributed by atoms with Crippen LogP contribution in [0.1, 0.15) is 23.2 Å². The third-order valence-electron chi connectivity index (χ3n) is 3.21. The molecule has 1 atom stereocenters. The van der Waals surface area contributed by atoms with Crippen LogP contribution < -0.4 is 0 Å². The highest BCUT2D eigenvalue weighted by molar-refractivity contribution is 6.31. The molecule has 0 aromatic heterocycles. The van der Waals surface area contributed by atoms with E-state index in [9.17, 15) is 14.0 Å². The second-order valence-electron chi connectivity index (χ2n) is 4.59. The molecule has 0 spiro atoms. The number of hydrogen-bond donors (Lipinski definition) is 1. The van der Waals surface area contributed by atoms with Crippen LogP contribution in [-0.2, 0) is 0 Å². The standard InChI is InChI=1S/C13H13ClFNO3/c14-10-4-9(5-11(15)6-10)12(17)8-2-1-3-16(7-8)13(18)19/h4-6,8H,1-3,7H2,(H,18,19). The van der Waals surface area contributed by atoms with Gasteiger partial charge < -0.3 is 10.0 Å². The molecule has 4 nitrogen and oxygen atoms in total. The molecule has 1 N–H and O–H groups in total. The molecule has 0 aliphatic carbocycles. The van der Waals surface area contributed by atoms with Gasteiger partial charge in [-0.25, -0.2) is 9.18 Å². The highest BCUT2D eigenvalue weighted by Crippen LogP contribution is 2.23. The molecule has 1 saturated heterocycles. The first kappa shape index (κ1) is 13.8. The summed E-state index contributed by atoms with van der Waals surface area (Å²) in [5, 5.41) is 9.09. The Balaban J connectivity index is 2.16. The van der Waals surface area contributed by atoms with Gasteiger partial charge in [0.25, 0.3) is 0 Å². The topological polar surface area (TPSA) is 57.6 Å². The van der Waals surface area contributed by atoms with Gasteiger partial charge in [-0.2, -0.15) is 0 Å². The van der Waals surface area contributed by atoms with E-state index in [1.165, 1.54) is 11.0 Å². The number of Topliss-reactive ketones (excluding diaryl/α,β-unsaturated/α-hetero) is 1. The zero-order valence-corrected chi connectivity index (χ0v) is 10.9. The van der Waals surface area contributed by atoms with Crippen LogP contribution in [0.4, 0.5) is 9.18 Å². The number of carboxylic acid groups (broad SMARTS) is 1. The minimum Gasteiger partial charge on any atom is -0.465 e. The molecule has 1 fully saturated rings. The van der Waals surface area contributed by atoms with Crippen LogP contribution in [0.25, 0.3) is 0 Å². The number of ketones is 1. The molecule has 2 rings (SSSR count). The Kier molecular flexibility index (Phi) is 4.04. The van der Waals surface area contributed by atoms with E-state index in [0.29, 0.717) is 19.4 Å². The Morgan fingerprint density at radius 3 is 2.74 bits per heavy atom. The molecule has 1 aliphatic heterocycles. The number of piperidine rings is 1. The molecule has 0 bridgehead atoms. The van der Waals surface area contributed by atoms with E-state index in [1.807, 2.05) is 0 Å². The van der Waals surface area contributed by atoms with Crippen LogP contribution in [0.5, 0.6) is 0 Å². The van der Waals surface area contributed by atoms with Gasteiger partial charge in [-0.3, -0.25) is 4.79 Å². The first-order valence-electron chi connectivity index (χ1n) is 5.95. The van der Waals surface area contributed by atoms with E-state index in [0.717, 1.165) is 12.1 Å². The minimum atomic E-state index is -1.03. The number of hydrogen-bond acceptors (Lipinski definition) is 2. The van der Waals surface area contributed by atoms with Gasteiger partial charge in [0.15, 0.2) is 5.78 Å².